The van der Waals surface area contributed by atoms with E-state index >= 15 is 0 Å². The van der Waals surface area contributed by atoms with Crippen molar-refractivity contribution in [2.75, 3.05) is 12.5 Å². The summed E-state index contributed by atoms with van der Waals surface area (Å²) in [5, 5.41) is 7.81. The minimum absolute atomic E-state index is 0. The third-order valence-electron chi connectivity index (χ3n) is 1.43. The first-order valence-corrected chi connectivity index (χ1v) is 9.34. The van der Waals surface area contributed by atoms with Crippen molar-refractivity contribution in [1.82, 2.24) is 10.9 Å². The van der Waals surface area contributed by atoms with Gasteiger partial charge in [0.15, 0.2) is 8.64 Å². The van der Waals surface area contributed by atoms with Crippen LogP contribution in [0.3, 0.4) is 0 Å². The molecule has 0 fully saturated rings. The number of hydrogen-bond acceptors (Lipinski definition) is 6. The van der Waals surface area contributed by atoms with E-state index < -0.39 is 0 Å². The minimum Gasteiger partial charge on any atom is -0.263 e. The Morgan fingerprint density at radius 3 is 1.33 bits per heavy atom. The van der Waals surface area contributed by atoms with Gasteiger partial charge < -0.3 is 0 Å². The molecule has 0 radical (unpaired) electrons. The predicted octanol–water partition coefficient (Wildman–Crippen LogP) is 3.73. The molecule has 0 amide bonds. The van der Waals surface area contributed by atoms with E-state index in [0.717, 1.165) is 0 Å². The molecule has 0 heterocycles. The van der Waals surface area contributed by atoms with Crippen molar-refractivity contribution in [3.63, 3.8) is 0 Å². The zero-order valence-electron chi connectivity index (χ0n) is 13.2. The van der Waals surface area contributed by atoms with Crippen LogP contribution in [0.25, 0.3) is 0 Å². The van der Waals surface area contributed by atoms with E-state index in [4.69, 9.17) is 24.4 Å². The fourth-order valence-electron chi connectivity index (χ4n) is 0.569. The van der Waals surface area contributed by atoms with Crippen LogP contribution in [-0.2, 0) is 16.5 Å². The van der Waals surface area contributed by atoms with Gasteiger partial charge in [0.1, 0.15) is 0 Å². The van der Waals surface area contributed by atoms with Gasteiger partial charge in [0.25, 0.3) is 0 Å². The summed E-state index contributed by atoms with van der Waals surface area (Å²) in [5.41, 5.74) is 5.46. The van der Waals surface area contributed by atoms with Gasteiger partial charge in [-0.2, -0.15) is 10.2 Å². The van der Waals surface area contributed by atoms with Crippen molar-refractivity contribution in [3.8, 4) is 0 Å². The van der Waals surface area contributed by atoms with Crippen LogP contribution in [0.4, 0.5) is 0 Å². The molecule has 0 saturated carbocycles. The maximum Gasteiger partial charge on any atom is 0.153 e. The molecule has 9 heteroatoms. The smallest absolute Gasteiger partial charge is 0.153 e. The first-order chi connectivity index (χ1) is 9.33. The second kappa shape index (κ2) is 18.4. The van der Waals surface area contributed by atoms with Gasteiger partial charge in [-0.25, -0.2) is 0 Å². The first kappa shape index (κ1) is 26.2. The molecule has 0 spiro atoms. The summed E-state index contributed by atoms with van der Waals surface area (Å²) in [5.74, 6) is 0.939. The van der Waals surface area contributed by atoms with Crippen molar-refractivity contribution in [1.29, 1.82) is 0 Å². The molecule has 4 nitrogen and oxygen atoms in total. The second-order valence-electron chi connectivity index (χ2n) is 4.25. The molecular weight excluding hydrogens is 387 g/mol. The van der Waals surface area contributed by atoms with Gasteiger partial charge in [-0.15, -0.1) is 0 Å². The number of nitrogens with zero attached hydrogens (tertiary/aromatic N) is 2. The summed E-state index contributed by atoms with van der Waals surface area (Å²) in [7, 11) is 0. The molecule has 0 bridgehead atoms. The molecule has 0 aromatic carbocycles. The molecule has 0 aromatic heterocycles. The maximum atomic E-state index is 4.85. The Balaban J connectivity index is -0.000000295. The van der Waals surface area contributed by atoms with E-state index in [9.17, 15) is 0 Å². The molecule has 0 aliphatic carbocycles. The summed E-state index contributed by atoms with van der Waals surface area (Å²) >= 11 is 12.7. The van der Waals surface area contributed by atoms with Gasteiger partial charge in [-0.1, -0.05) is 75.7 Å². The topological polar surface area (TPSA) is 48.8 Å². The molecule has 21 heavy (non-hydrogen) atoms. The molecule has 0 aromatic rings. The summed E-state index contributed by atoms with van der Waals surface area (Å²) in [6, 6.07) is 0. The van der Waals surface area contributed by atoms with Crippen LogP contribution in [0, 0.1) is 11.8 Å². The maximum absolute atomic E-state index is 4.85. The Hall–Kier alpha value is 0.314. The Kier molecular flexibility index (Phi) is 22.9. The summed E-state index contributed by atoms with van der Waals surface area (Å²) in [6.07, 6.45) is 7.48. The molecule has 0 saturated heterocycles. The zero-order chi connectivity index (χ0) is 16.0. The van der Waals surface area contributed by atoms with Crippen LogP contribution in [-0.4, -0.2) is 33.6 Å². The van der Waals surface area contributed by atoms with Crippen molar-refractivity contribution in [3.05, 3.63) is 0 Å². The first-order valence-electron chi connectivity index (χ1n) is 6.07. The van der Waals surface area contributed by atoms with Gasteiger partial charge >= 0.3 is 0 Å². The third-order valence-corrected chi connectivity index (χ3v) is 3.53. The molecule has 0 aliphatic heterocycles. The predicted molar refractivity (Wildman–Crippen MR) is 105 cm³/mol. The van der Waals surface area contributed by atoms with Crippen LogP contribution in [0.15, 0.2) is 10.2 Å². The standard InChI is InChI=1S/2C6H12N2S2.Ni/c2*1-5(2)4-7-8-6(9)10-3;/h2*4-5H,1-3H3,(H,8,9);. The average molecular weight is 411 g/mol. The quantitative estimate of drug-likeness (QED) is 0.318. The minimum atomic E-state index is 0. The molecule has 0 unspecified atom stereocenters. The number of nitrogens with one attached hydrogen (secondary N) is 2. The summed E-state index contributed by atoms with van der Waals surface area (Å²) in [6.45, 7) is 8.25. The van der Waals surface area contributed by atoms with E-state index in [1.54, 1.807) is 0 Å². The van der Waals surface area contributed by atoms with E-state index in [1.807, 2.05) is 24.9 Å². The fraction of sp³-hybridized carbons (Fsp3) is 0.667. The van der Waals surface area contributed by atoms with Gasteiger partial charge in [-0.3, -0.25) is 10.9 Å². The van der Waals surface area contributed by atoms with Gasteiger partial charge in [0, 0.05) is 28.9 Å². The van der Waals surface area contributed by atoms with Crippen LogP contribution >= 0.6 is 48.0 Å². The average Bonchev–Trinajstić information content (AvgIpc) is 2.38. The molecular formula is C12H24N4NiS4. The third kappa shape index (κ3) is 25.6. The normalized spacial score (nSPS) is 10.3. The second-order valence-corrected chi connectivity index (χ2v) is 7.22. The number of thiocarbonyl (C=S) groups is 2. The SMILES string of the molecule is CSC(=S)NN=CC(C)C.CSC(=S)NN=CC(C)C.[Ni]. The van der Waals surface area contributed by atoms with Crippen molar-refractivity contribution >= 4 is 69.0 Å². The molecule has 126 valence electrons. The monoisotopic (exact) mass is 410 g/mol. The van der Waals surface area contributed by atoms with E-state index in [1.165, 1.54) is 23.5 Å². The Morgan fingerprint density at radius 2 is 1.14 bits per heavy atom. The number of hydrazone groups is 2. The molecule has 0 aliphatic rings. The van der Waals surface area contributed by atoms with Crippen molar-refractivity contribution in [2.45, 2.75) is 27.7 Å². The van der Waals surface area contributed by atoms with Crippen molar-refractivity contribution < 1.29 is 16.5 Å². The Morgan fingerprint density at radius 1 is 0.857 bits per heavy atom. The van der Waals surface area contributed by atoms with Crippen LogP contribution in [0.5, 0.6) is 0 Å². The van der Waals surface area contributed by atoms with Gasteiger partial charge in [0.2, 0.25) is 0 Å². The Bertz CT molecular complexity index is 301. The van der Waals surface area contributed by atoms with Crippen molar-refractivity contribution in [2.24, 2.45) is 22.0 Å². The number of thioether (sulfide) groups is 2. The van der Waals surface area contributed by atoms with E-state index in [0.29, 0.717) is 20.5 Å². The number of hydrogen-bond donors (Lipinski definition) is 2. The number of rotatable bonds is 4. The van der Waals surface area contributed by atoms with E-state index in [-0.39, 0.29) is 16.5 Å². The molecule has 2 N–H and O–H groups in total. The molecule has 0 rings (SSSR count). The molecule has 0 atom stereocenters. The Labute approximate surface area is 158 Å². The fourth-order valence-corrected chi connectivity index (χ4v) is 0.963. The van der Waals surface area contributed by atoms with Gasteiger partial charge in [-0.05, 0) is 24.3 Å². The summed E-state index contributed by atoms with van der Waals surface area (Å²) in [4.78, 5) is 0. The van der Waals surface area contributed by atoms with Crippen LogP contribution in [0.2, 0.25) is 0 Å². The summed E-state index contributed by atoms with van der Waals surface area (Å²) < 4.78 is 1.41. The van der Waals surface area contributed by atoms with Gasteiger partial charge in [0.05, 0.1) is 0 Å². The van der Waals surface area contributed by atoms with E-state index in [2.05, 4.69) is 48.7 Å². The zero-order valence-corrected chi connectivity index (χ0v) is 17.4. The van der Waals surface area contributed by atoms with Crippen LogP contribution in [0.1, 0.15) is 27.7 Å². The van der Waals surface area contributed by atoms with Crippen LogP contribution < -0.4 is 10.9 Å². The largest absolute Gasteiger partial charge is 0.263 e.